The van der Waals surface area contributed by atoms with Crippen LogP contribution in [0, 0.1) is 29.6 Å². The molecule has 1 aliphatic carbocycles. The predicted molar refractivity (Wildman–Crippen MR) is 121 cm³/mol. The summed E-state index contributed by atoms with van der Waals surface area (Å²) in [4.78, 5) is 23.9. The van der Waals surface area contributed by atoms with Crippen LogP contribution in [0.1, 0.15) is 30.4 Å². The highest BCUT2D eigenvalue weighted by molar-refractivity contribution is 6.36. The molecule has 1 amide bonds. The van der Waals surface area contributed by atoms with Crippen molar-refractivity contribution in [2.75, 3.05) is 24.5 Å². The van der Waals surface area contributed by atoms with Gasteiger partial charge in [-0.3, -0.25) is 4.79 Å². The van der Waals surface area contributed by atoms with E-state index in [9.17, 15) is 10.1 Å². The van der Waals surface area contributed by atoms with Crippen LogP contribution >= 0.6 is 23.2 Å². The number of aromatic nitrogens is 2. The molecule has 0 bridgehead atoms. The van der Waals surface area contributed by atoms with Crippen LogP contribution in [0.5, 0.6) is 0 Å². The Balaban J connectivity index is 1.65. The third-order valence-corrected chi connectivity index (χ3v) is 6.92. The Labute approximate surface area is 191 Å². The number of carbonyl (C=O) groups excluding carboxylic acids is 1. The lowest BCUT2D eigenvalue weighted by molar-refractivity contribution is -0.124. The van der Waals surface area contributed by atoms with E-state index < -0.39 is 5.41 Å². The number of carbonyl (C=O) groups is 1. The molecule has 0 radical (unpaired) electrons. The zero-order valence-electron chi connectivity index (χ0n) is 17.3. The van der Waals surface area contributed by atoms with Gasteiger partial charge in [-0.2, -0.15) is 5.26 Å². The molecule has 1 saturated carbocycles. The largest absolute Gasteiger partial charge is 0.356 e. The van der Waals surface area contributed by atoms with Crippen molar-refractivity contribution in [3.63, 3.8) is 0 Å². The number of rotatable bonds is 6. The molecule has 1 aromatic heterocycles. The molecule has 1 aromatic carbocycles. The highest BCUT2D eigenvalue weighted by Gasteiger charge is 2.50. The van der Waals surface area contributed by atoms with Gasteiger partial charge >= 0.3 is 0 Å². The van der Waals surface area contributed by atoms with Gasteiger partial charge in [-0.1, -0.05) is 23.2 Å². The number of nitriles is 1. The summed E-state index contributed by atoms with van der Waals surface area (Å²) in [6.07, 6.45) is 3.93. The van der Waals surface area contributed by atoms with Crippen LogP contribution in [-0.2, 0) is 11.3 Å². The number of nitrogens with one attached hydrogen (secondary N) is 1. The molecule has 2 heterocycles. The van der Waals surface area contributed by atoms with Crippen LogP contribution in [0.15, 0.2) is 18.3 Å². The minimum absolute atomic E-state index is 0.233. The fraction of sp³-hybridized carbons (Fsp3) is 0.455. The van der Waals surface area contributed by atoms with Crippen molar-refractivity contribution in [2.24, 2.45) is 17.1 Å². The second kappa shape index (κ2) is 8.62. The highest BCUT2D eigenvalue weighted by atomic mass is 35.5. The lowest BCUT2D eigenvalue weighted by Gasteiger charge is -2.22. The van der Waals surface area contributed by atoms with Crippen LogP contribution in [0.3, 0.4) is 0 Å². The first-order chi connectivity index (χ1) is 14.9. The second-order valence-electron chi connectivity index (χ2n) is 8.32. The molecule has 2 aromatic rings. The van der Waals surface area contributed by atoms with Crippen LogP contribution in [-0.4, -0.2) is 35.5 Å². The summed E-state index contributed by atoms with van der Waals surface area (Å²) in [6, 6.07) is 5.74. The van der Waals surface area contributed by atoms with Crippen molar-refractivity contribution < 1.29 is 4.79 Å². The minimum Gasteiger partial charge on any atom is -0.356 e. The van der Waals surface area contributed by atoms with Crippen molar-refractivity contribution in [1.82, 2.24) is 15.3 Å². The topological polar surface area (TPSA) is 108 Å². The zero-order valence-corrected chi connectivity index (χ0v) is 18.8. The normalized spacial score (nSPS) is 19.2. The molecule has 2 aliphatic rings. The molecule has 31 heavy (non-hydrogen) atoms. The van der Waals surface area contributed by atoms with Gasteiger partial charge in [-0.05, 0) is 56.3 Å². The number of amides is 1. The molecule has 3 N–H and O–H groups in total. The maximum atomic E-state index is 12.4. The fourth-order valence-electron chi connectivity index (χ4n) is 3.79. The Kier molecular flexibility index (Phi) is 6.07. The van der Waals surface area contributed by atoms with Gasteiger partial charge in [0.05, 0.1) is 6.07 Å². The summed E-state index contributed by atoms with van der Waals surface area (Å²) < 4.78 is 0. The third-order valence-electron chi connectivity index (χ3n) is 6.14. The van der Waals surface area contributed by atoms with Crippen LogP contribution in [0.2, 0.25) is 10.0 Å². The van der Waals surface area contributed by atoms with Gasteiger partial charge in [-0.15, -0.1) is 0 Å². The monoisotopic (exact) mass is 458 g/mol. The van der Waals surface area contributed by atoms with Crippen molar-refractivity contribution in [3.8, 4) is 17.5 Å². The molecule has 1 aliphatic heterocycles. The zero-order chi connectivity index (χ0) is 22.2. The number of hydrogen-bond acceptors (Lipinski definition) is 6. The number of benzene rings is 1. The Hall–Kier alpha value is -2.40. The molecule has 1 unspecified atom stereocenters. The average molecular weight is 459 g/mol. The average Bonchev–Trinajstić information content (AvgIpc) is 3.44. The minimum atomic E-state index is -0.866. The first-order valence-electron chi connectivity index (χ1n) is 10.3. The Morgan fingerprint density at radius 1 is 1.39 bits per heavy atom. The van der Waals surface area contributed by atoms with Gasteiger partial charge in [0, 0.05) is 47.0 Å². The smallest absolute Gasteiger partial charge is 0.240 e. The SMILES string of the molecule is Cc1c(Cl)cc(-c2ncc(CNC(=O)C3(C#N)CC3)c(N3CCC(CN)C3)n2)cc1Cl. The van der Waals surface area contributed by atoms with Gasteiger partial charge in [0.2, 0.25) is 5.91 Å². The summed E-state index contributed by atoms with van der Waals surface area (Å²) in [5, 5.41) is 13.3. The van der Waals surface area contributed by atoms with Crippen LogP contribution in [0.25, 0.3) is 11.4 Å². The molecule has 1 atom stereocenters. The van der Waals surface area contributed by atoms with E-state index in [1.165, 1.54) is 0 Å². The van der Waals surface area contributed by atoms with E-state index in [2.05, 4.69) is 21.3 Å². The third kappa shape index (κ3) is 4.33. The van der Waals surface area contributed by atoms with Crippen LogP contribution < -0.4 is 16.0 Å². The fourth-order valence-corrected chi connectivity index (χ4v) is 4.27. The Morgan fingerprint density at radius 3 is 2.68 bits per heavy atom. The Morgan fingerprint density at radius 2 is 2.10 bits per heavy atom. The second-order valence-corrected chi connectivity index (χ2v) is 9.13. The molecule has 162 valence electrons. The quantitative estimate of drug-likeness (QED) is 0.685. The first-order valence-corrected chi connectivity index (χ1v) is 11.1. The van der Waals surface area contributed by atoms with Gasteiger partial charge in [0.1, 0.15) is 11.2 Å². The Bertz CT molecular complexity index is 1040. The lowest BCUT2D eigenvalue weighted by Crippen LogP contribution is -2.32. The maximum Gasteiger partial charge on any atom is 0.240 e. The van der Waals surface area contributed by atoms with Gasteiger partial charge in [-0.25, -0.2) is 9.97 Å². The van der Waals surface area contributed by atoms with Gasteiger partial charge < -0.3 is 16.0 Å². The summed E-state index contributed by atoms with van der Waals surface area (Å²) >= 11 is 12.6. The summed E-state index contributed by atoms with van der Waals surface area (Å²) in [5.74, 6) is 1.44. The first kappa shape index (κ1) is 21.8. The number of nitrogens with two attached hydrogens (primary N) is 1. The van der Waals surface area contributed by atoms with Gasteiger partial charge in [0.15, 0.2) is 5.82 Å². The molecular weight excluding hydrogens is 435 g/mol. The summed E-state index contributed by atoms with van der Waals surface area (Å²) in [5.41, 5.74) is 7.34. The molecule has 7 nitrogen and oxygen atoms in total. The predicted octanol–water partition coefficient (Wildman–Crippen LogP) is 3.46. The van der Waals surface area contributed by atoms with Crippen LogP contribution in [0.4, 0.5) is 5.82 Å². The number of nitrogens with zero attached hydrogens (tertiary/aromatic N) is 4. The van der Waals surface area contributed by atoms with E-state index in [-0.39, 0.29) is 12.5 Å². The number of halogens is 2. The van der Waals surface area contributed by atoms with Crippen molar-refractivity contribution in [1.29, 1.82) is 5.26 Å². The summed E-state index contributed by atoms with van der Waals surface area (Å²) in [7, 11) is 0. The maximum absolute atomic E-state index is 12.4. The molecule has 1 saturated heterocycles. The van der Waals surface area contributed by atoms with E-state index in [1.54, 1.807) is 18.3 Å². The van der Waals surface area contributed by atoms with E-state index in [0.717, 1.165) is 42.0 Å². The highest BCUT2D eigenvalue weighted by Crippen LogP contribution is 2.45. The number of anilines is 1. The number of hydrogen-bond donors (Lipinski definition) is 2. The van der Waals surface area contributed by atoms with Crippen molar-refractivity contribution in [2.45, 2.75) is 32.7 Å². The van der Waals surface area contributed by atoms with Gasteiger partial charge in [0.25, 0.3) is 0 Å². The standard InChI is InChI=1S/C22H24Cl2N6O/c1-13-17(23)6-15(7-18(13)24)19-27-9-16(10-28-21(31)22(12-26)3-4-22)20(29-19)30-5-2-14(8-25)11-30/h6-7,9,14H,2-5,8,10-11,25H2,1H3,(H,28,31). The summed E-state index contributed by atoms with van der Waals surface area (Å²) in [6.45, 7) is 4.37. The molecule has 0 spiro atoms. The van der Waals surface area contributed by atoms with E-state index in [1.807, 2.05) is 6.92 Å². The molecule has 2 fully saturated rings. The van der Waals surface area contributed by atoms with E-state index in [0.29, 0.717) is 41.2 Å². The van der Waals surface area contributed by atoms with E-state index >= 15 is 0 Å². The lowest BCUT2D eigenvalue weighted by atomic mass is 10.1. The molecule has 9 heteroatoms. The van der Waals surface area contributed by atoms with Crippen molar-refractivity contribution in [3.05, 3.63) is 39.5 Å². The molecule has 4 rings (SSSR count). The molecular formula is C22H24Cl2N6O. The van der Waals surface area contributed by atoms with E-state index in [4.69, 9.17) is 33.9 Å². The van der Waals surface area contributed by atoms with Crippen molar-refractivity contribution >= 4 is 34.9 Å².